The lowest BCUT2D eigenvalue weighted by Gasteiger charge is -2.53. The first kappa shape index (κ1) is 37.5. The Morgan fingerprint density at radius 3 is 2.04 bits per heavy atom. The van der Waals surface area contributed by atoms with E-state index in [1.807, 2.05) is 27.7 Å². The predicted molar refractivity (Wildman–Crippen MR) is 186 cm³/mol. The van der Waals surface area contributed by atoms with Crippen molar-refractivity contribution in [1.82, 2.24) is 29.0 Å². The van der Waals surface area contributed by atoms with E-state index in [0.717, 1.165) is 76.3 Å². The van der Waals surface area contributed by atoms with Crippen molar-refractivity contribution in [1.29, 1.82) is 0 Å². The monoisotopic (exact) mass is 672 g/mol. The van der Waals surface area contributed by atoms with E-state index in [1.165, 1.54) is 18.5 Å². The molecule has 0 unspecified atom stereocenters. The Kier molecular flexibility index (Phi) is 12.4. The van der Waals surface area contributed by atoms with E-state index in [4.69, 9.17) is 0 Å². The lowest BCUT2D eigenvalue weighted by Crippen LogP contribution is -2.64. The molecule has 3 aliphatic rings. The van der Waals surface area contributed by atoms with Crippen molar-refractivity contribution >= 4 is 15.8 Å². The lowest BCUT2D eigenvalue weighted by atomic mass is 9.82. The molecule has 0 spiro atoms. The largest absolute Gasteiger partial charge is 0.298 e. The summed E-state index contributed by atoms with van der Waals surface area (Å²) in [6, 6.07) is 8.41. The minimum absolute atomic E-state index is 0.113. The molecule has 9 nitrogen and oxygen atoms in total. The van der Waals surface area contributed by atoms with E-state index in [9.17, 15) is 17.6 Å². The number of carbonyl (C=O) groups is 1. The summed E-state index contributed by atoms with van der Waals surface area (Å²) in [5, 5.41) is -0.344. The fourth-order valence-electron chi connectivity index (χ4n) is 7.38. The summed E-state index contributed by atoms with van der Waals surface area (Å²) in [4.78, 5) is 29.9. The Bertz CT molecular complexity index is 1420. The van der Waals surface area contributed by atoms with Crippen LogP contribution in [0.3, 0.4) is 0 Å². The predicted octanol–water partition coefficient (Wildman–Crippen LogP) is 5.19. The molecule has 1 atom stereocenters. The van der Waals surface area contributed by atoms with Gasteiger partial charge in [-0.25, -0.2) is 27.1 Å². The van der Waals surface area contributed by atoms with Crippen LogP contribution in [0.25, 0.3) is 0 Å². The fraction of sp³-hybridized carbons (Fsp3) is 0.694. The number of aromatic nitrogens is 2. The molecule has 0 bridgehead atoms. The van der Waals surface area contributed by atoms with Gasteiger partial charge in [-0.15, -0.1) is 0 Å². The molecule has 11 heteroatoms. The summed E-state index contributed by atoms with van der Waals surface area (Å²) in [6.07, 6.45) is 5.53. The zero-order chi connectivity index (χ0) is 34.6. The number of halogens is 1. The maximum atomic E-state index is 13.6. The molecule has 3 aliphatic heterocycles. The van der Waals surface area contributed by atoms with E-state index in [-0.39, 0.29) is 22.4 Å². The second-order valence-corrected chi connectivity index (χ2v) is 17.3. The summed E-state index contributed by atoms with van der Waals surface area (Å²) >= 11 is 0. The highest BCUT2D eigenvalue weighted by molar-refractivity contribution is 7.89. The second-order valence-electron chi connectivity index (χ2n) is 14.8. The summed E-state index contributed by atoms with van der Waals surface area (Å²) in [7, 11) is -3.14. The Labute approximate surface area is 283 Å². The van der Waals surface area contributed by atoms with E-state index in [1.54, 1.807) is 36.4 Å². The first-order valence-corrected chi connectivity index (χ1v) is 18.8. The smallest absolute Gasteiger partial charge is 0.216 e. The van der Waals surface area contributed by atoms with Crippen LogP contribution in [0.1, 0.15) is 89.0 Å². The van der Waals surface area contributed by atoms with Crippen LogP contribution in [-0.4, -0.2) is 118 Å². The number of rotatable bonds is 8. The molecule has 0 aliphatic carbocycles. The van der Waals surface area contributed by atoms with Gasteiger partial charge in [-0.05, 0) is 99.1 Å². The zero-order valence-electron chi connectivity index (χ0n) is 29.9. The number of Topliss-reactive ketones (excluding diaryl/α,β-unsaturated/α-hetero) is 1. The topological polar surface area (TPSA) is 90.0 Å². The van der Waals surface area contributed by atoms with Gasteiger partial charge in [-0.1, -0.05) is 18.2 Å². The van der Waals surface area contributed by atoms with Gasteiger partial charge in [0, 0.05) is 63.9 Å². The van der Waals surface area contributed by atoms with Gasteiger partial charge in [0.15, 0.2) is 5.78 Å². The van der Waals surface area contributed by atoms with Crippen molar-refractivity contribution in [2.45, 2.75) is 103 Å². The number of likely N-dealkylation sites (tertiary alicyclic amines) is 1. The number of sulfonamides is 1. The van der Waals surface area contributed by atoms with Gasteiger partial charge in [0.2, 0.25) is 10.0 Å². The van der Waals surface area contributed by atoms with Crippen LogP contribution in [0.15, 0.2) is 36.7 Å². The van der Waals surface area contributed by atoms with Gasteiger partial charge in [0.25, 0.3) is 0 Å². The maximum absolute atomic E-state index is 13.6. The zero-order valence-corrected chi connectivity index (χ0v) is 30.7. The third kappa shape index (κ3) is 8.84. The van der Waals surface area contributed by atoms with Gasteiger partial charge >= 0.3 is 0 Å². The highest BCUT2D eigenvalue weighted by Gasteiger charge is 2.44. The van der Waals surface area contributed by atoms with Crippen LogP contribution >= 0.6 is 0 Å². The molecular formula is C36H57FN6O3S. The normalized spacial score (nSPS) is 22.6. The Balaban J connectivity index is 0.000000632. The summed E-state index contributed by atoms with van der Waals surface area (Å²) in [5.74, 6) is 0.498. The third-order valence-corrected chi connectivity index (χ3v) is 13.2. The minimum atomic E-state index is -3.14. The standard InChI is InChI=1S/C30H52N6O3S.C6H5F/c1-22(2)40(38,39)36-13-9-26(10-14-36)20-33-17-18-35(19-23(33)3)30(8)11-15-34(16-12-30)29(6,7)28(37)27-24(4)31-21-32-25(27)5;7-6-4-2-1-3-5-6/h21-23,26H,9-20H2,1-8H3;1-5H/t23-;/m0./s1. The van der Waals surface area contributed by atoms with Gasteiger partial charge in [-0.3, -0.25) is 19.5 Å². The number of benzene rings is 1. The van der Waals surface area contributed by atoms with Crippen molar-refractivity contribution in [3.05, 3.63) is 59.4 Å². The van der Waals surface area contributed by atoms with Crippen LogP contribution in [-0.2, 0) is 10.0 Å². The lowest BCUT2D eigenvalue weighted by molar-refractivity contribution is -0.0365. The summed E-state index contributed by atoms with van der Waals surface area (Å²) < 4.78 is 38.7. The highest BCUT2D eigenvalue weighted by atomic mass is 32.2. The van der Waals surface area contributed by atoms with Crippen LogP contribution in [0.2, 0.25) is 0 Å². The number of piperidine rings is 2. The molecule has 5 rings (SSSR count). The molecule has 0 radical (unpaired) electrons. The molecule has 3 saturated heterocycles. The van der Waals surface area contributed by atoms with Gasteiger partial charge < -0.3 is 0 Å². The first-order valence-electron chi connectivity index (χ1n) is 17.3. The van der Waals surface area contributed by atoms with Crippen molar-refractivity contribution in [2.75, 3.05) is 52.4 Å². The number of hydrogen-bond acceptors (Lipinski definition) is 8. The van der Waals surface area contributed by atoms with Crippen LogP contribution in [0.4, 0.5) is 4.39 Å². The van der Waals surface area contributed by atoms with E-state index >= 15 is 0 Å². The van der Waals surface area contributed by atoms with Crippen molar-refractivity contribution in [3.63, 3.8) is 0 Å². The second kappa shape index (κ2) is 15.5. The Hall–Kier alpha value is -2.31. The molecule has 47 heavy (non-hydrogen) atoms. The number of aryl methyl sites for hydroxylation is 2. The quantitative estimate of drug-likeness (QED) is 0.354. The maximum Gasteiger partial charge on any atom is 0.216 e. The number of carbonyl (C=O) groups excluding carboxylic acids is 1. The molecule has 4 heterocycles. The summed E-state index contributed by atoms with van der Waals surface area (Å²) in [5.41, 5.74) is 1.71. The summed E-state index contributed by atoms with van der Waals surface area (Å²) in [6.45, 7) is 23.5. The number of ketones is 1. The Morgan fingerprint density at radius 1 is 0.979 bits per heavy atom. The van der Waals surface area contributed by atoms with Crippen molar-refractivity contribution in [2.24, 2.45) is 5.92 Å². The molecule has 1 aromatic carbocycles. The van der Waals surface area contributed by atoms with Crippen LogP contribution < -0.4 is 0 Å². The number of piperazine rings is 1. The minimum Gasteiger partial charge on any atom is -0.298 e. The fourth-order valence-corrected chi connectivity index (χ4v) is 8.70. The average Bonchev–Trinajstić information content (AvgIpc) is 3.03. The molecule has 0 saturated carbocycles. The molecule has 262 valence electrons. The first-order chi connectivity index (χ1) is 22.1. The van der Waals surface area contributed by atoms with E-state index in [2.05, 4.69) is 38.5 Å². The van der Waals surface area contributed by atoms with Crippen LogP contribution in [0.5, 0.6) is 0 Å². The van der Waals surface area contributed by atoms with E-state index < -0.39 is 15.6 Å². The SMILES string of the molecule is Cc1ncnc(C)c1C(=O)C(C)(C)N1CCC(C)(N2CCN(CC3CCN(S(=O)(=O)C(C)C)CC3)[C@@H](C)C2)CC1.Fc1ccccc1. The highest BCUT2D eigenvalue weighted by Crippen LogP contribution is 2.35. The third-order valence-electron chi connectivity index (χ3n) is 10.9. The molecule has 3 fully saturated rings. The number of nitrogens with zero attached hydrogens (tertiary/aromatic N) is 6. The van der Waals surface area contributed by atoms with Crippen molar-refractivity contribution in [3.8, 4) is 0 Å². The van der Waals surface area contributed by atoms with Crippen LogP contribution in [0, 0.1) is 25.6 Å². The molecule has 2 aromatic rings. The van der Waals surface area contributed by atoms with Gasteiger partial charge in [0.1, 0.15) is 12.1 Å². The molecular weight excluding hydrogens is 616 g/mol. The molecule has 1 aromatic heterocycles. The molecule has 0 N–H and O–H groups in total. The average molecular weight is 673 g/mol. The van der Waals surface area contributed by atoms with Gasteiger partial charge in [-0.2, -0.15) is 0 Å². The van der Waals surface area contributed by atoms with E-state index in [0.29, 0.717) is 30.6 Å². The van der Waals surface area contributed by atoms with Gasteiger partial charge in [0.05, 0.1) is 27.7 Å². The van der Waals surface area contributed by atoms with Crippen molar-refractivity contribution < 1.29 is 17.6 Å². The molecule has 0 amide bonds. The Morgan fingerprint density at radius 2 is 1.55 bits per heavy atom. The number of hydrogen-bond donors (Lipinski definition) is 0.